The van der Waals surface area contributed by atoms with Gasteiger partial charge >= 0.3 is 0 Å². The molecular formula is C22H22N8O2. The number of amides is 1. The van der Waals surface area contributed by atoms with Crippen molar-refractivity contribution >= 4 is 39.8 Å². The molecule has 0 saturated carbocycles. The third-order valence-electron chi connectivity index (χ3n) is 5.56. The number of nitrogens with one attached hydrogen (secondary N) is 1. The smallest absolute Gasteiger partial charge is 0.267 e. The lowest BCUT2D eigenvalue weighted by molar-refractivity contribution is -0.180. The summed E-state index contributed by atoms with van der Waals surface area (Å²) in [6, 6.07) is 11.4. The van der Waals surface area contributed by atoms with Crippen LogP contribution in [0.25, 0.3) is 22.0 Å². The van der Waals surface area contributed by atoms with Gasteiger partial charge in [-0.15, -0.1) is 0 Å². The Morgan fingerprint density at radius 3 is 2.84 bits per heavy atom. The number of fused-ring (bicyclic) bond motifs is 2. The van der Waals surface area contributed by atoms with Gasteiger partial charge in [-0.05, 0) is 36.1 Å². The number of pyridine rings is 2. The fourth-order valence-electron chi connectivity index (χ4n) is 3.67. The molecule has 1 aliphatic rings. The molecule has 10 heteroatoms. The fraction of sp³-hybridized carbons (Fsp3) is 0.182. The van der Waals surface area contributed by atoms with Gasteiger partial charge in [-0.25, -0.2) is 15.0 Å². The van der Waals surface area contributed by atoms with Gasteiger partial charge in [0.15, 0.2) is 5.82 Å². The zero-order valence-corrected chi connectivity index (χ0v) is 17.7. The van der Waals surface area contributed by atoms with E-state index in [1.54, 1.807) is 17.9 Å². The number of nitrogen functional groups attached to an aromatic ring is 2. The van der Waals surface area contributed by atoms with Gasteiger partial charge < -0.3 is 16.8 Å². The summed E-state index contributed by atoms with van der Waals surface area (Å²) in [6.07, 6.45) is 1.68. The van der Waals surface area contributed by atoms with E-state index in [9.17, 15) is 4.79 Å². The van der Waals surface area contributed by atoms with E-state index < -0.39 is 0 Å². The molecule has 0 unspecified atom stereocenters. The van der Waals surface area contributed by atoms with Crippen molar-refractivity contribution in [2.75, 3.05) is 23.8 Å². The SMILES string of the molecule is Cc1c(N)cccc1-c1cc2cc(Nc3cc4n(n3)CC(=O)N(C)OC4)ncc2c(N)n1. The van der Waals surface area contributed by atoms with Crippen molar-refractivity contribution in [2.45, 2.75) is 20.1 Å². The number of aromatic nitrogens is 4. The molecule has 0 saturated heterocycles. The Morgan fingerprint density at radius 2 is 2.00 bits per heavy atom. The minimum atomic E-state index is -0.172. The largest absolute Gasteiger partial charge is 0.398 e. The van der Waals surface area contributed by atoms with Gasteiger partial charge in [0.2, 0.25) is 0 Å². The van der Waals surface area contributed by atoms with Crippen LogP contribution >= 0.6 is 0 Å². The number of likely N-dealkylation sites (N-methyl/N-ethyl adjacent to an activating group) is 1. The third-order valence-corrected chi connectivity index (χ3v) is 5.56. The molecule has 4 heterocycles. The van der Waals surface area contributed by atoms with Gasteiger partial charge in [0.05, 0.1) is 11.4 Å². The van der Waals surface area contributed by atoms with Gasteiger partial charge in [-0.1, -0.05) is 12.1 Å². The monoisotopic (exact) mass is 430 g/mol. The maximum absolute atomic E-state index is 12.0. The molecule has 1 amide bonds. The number of hydroxylamine groups is 2. The van der Waals surface area contributed by atoms with E-state index in [1.807, 2.05) is 43.3 Å². The average molecular weight is 430 g/mol. The molecule has 0 bridgehead atoms. The lowest BCUT2D eigenvalue weighted by Gasteiger charge is -2.12. The molecule has 3 aromatic heterocycles. The molecule has 0 spiro atoms. The number of hydrogen-bond acceptors (Lipinski definition) is 8. The van der Waals surface area contributed by atoms with Crippen LogP contribution < -0.4 is 16.8 Å². The average Bonchev–Trinajstić information content (AvgIpc) is 3.08. The Balaban J connectivity index is 1.49. The quantitative estimate of drug-likeness (QED) is 0.422. The van der Waals surface area contributed by atoms with E-state index in [1.165, 1.54) is 5.06 Å². The molecular weight excluding hydrogens is 408 g/mol. The van der Waals surface area contributed by atoms with Crippen molar-refractivity contribution in [3.63, 3.8) is 0 Å². The number of benzene rings is 1. The lowest BCUT2D eigenvalue weighted by atomic mass is 10.0. The highest BCUT2D eigenvalue weighted by molar-refractivity contribution is 5.95. The molecule has 1 aromatic carbocycles. The Kier molecular flexibility index (Phi) is 4.63. The Labute approximate surface area is 183 Å². The van der Waals surface area contributed by atoms with Crippen LogP contribution in [0.1, 0.15) is 11.3 Å². The normalized spacial score (nSPS) is 13.8. The number of rotatable bonds is 3. The maximum Gasteiger partial charge on any atom is 0.267 e. The number of carbonyl (C=O) groups is 1. The zero-order chi connectivity index (χ0) is 22.4. The molecule has 10 nitrogen and oxygen atoms in total. The number of nitrogens with zero attached hydrogens (tertiary/aromatic N) is 5. The van der Waals surface area contributed by atoms with Crippen molar-refractivity contribution in [1.82, 2.24) is 24.8 Å². The zero-order valence-electron chi connectivity index (χ0n) is 17.7. The van der Waals surface area contributed by atoms with Crippen LogP contribution in [0.4, 0.5) is 23.1 Å². The summed E-state index contributed by atoms with van der Waals surface area (Å²) >= 11 is 0. The van der Waals surface area contributed by atoms with Crippen LogP contribution in [0.2, 0.25) is 0 Å². The molecule has 0 aliphatic carbocycles. The van der Waals surface area contributed by atoms with Crippen LogP contribution in [-0.4, -0.2) is 37.8 Å². The molecule has 32 heavy (non-hydrogen) atoms. The molecule has 162 valence electrons. The second kappa shape index (κ2) is 7.50. The lowest BCUT2D eigenvalue weighted by Crippen LogP contribution is -2.27. The highest BCUT2D eigenvalue weighted by Crippen LogP contribution is 2.31. The predicted molar refractivity (Wildman–Crippen MR) is 122 cm³/mol. The minimum Gasteiger partial charge on any atom is -0.398 e. The number of nitrogens with two attached hydrogens (primary N) is 2. The summed E-state index contributed by atoms with van der Waals surface area (Å²) in [5.41, 5.74) is 16.4. The van der Waals surface area contributed by atoms with Crippen LogP contribution in [0.5, 0.6) is 0 Å². The van der Waals surface area contributed by atoms with Crippen molar-refractivity contribution in [3.8, 4) is 11.3 Å². The summed E-state index contributed by atoms with van der Waals surface area (Å²) in [5.74, 6) is 1.39. The van der Waals surface area contributed by atoms with E-state index in [0.29, 0.717) is 23.1 Å². The van der Waals surface area contributed by atoms with Crippen LogP contribution in [-0.2, 0) is 22.8 Å². The van der Waals surface area contributed by atoms with E-state index >= 15 is 0 Å². The van der Waals surface area contributed by atoms with Crippen molar-refractivity contribution < 1.29 is 9.63 Å². The molecule has 1 aliphatic heterocycles. The van der Waals surface area contributed by atoms with Crippen LogP contribution in [0.15, 0.2) is 42.6 Å². The molecule has 5 N–H and O–H groups in total. The summed E-state index contributed by atoms with van der Waals surface area (Å²) in [5, 5.41) is 10.5. The summed E-state index contributed by atoms with van der Waals surface area (Å²) in [7, 11) is 1.59. The first-order valence-corrected chi connectivity index (χ1v) is 10.0. The van der Waals surface area contributed by atoms with E-state index in [-0.39, 0.29) is 19.1 Å². The minimum absolute atomic E-state index is 0.115. The molecule has 5 rings (SSSR count). The van der Waals surface area contributed by atoms with Gasteiger partial charge in [0, 0.05) is 35.9 Å². The van der Waals surface area contributed by atoms with E-state index in [0.717, 1.165) is 33.3 Å². The third kappa shape index (κ3) is 3.46. The van der Waals surface area contributed by atoms with Crippen molar-refractivity contribution in [2.24, 2.45) is 0 Å². The Hall–Kier alpha value is -4.18. The first kappa shape index (κ1) is 19.8. The number of anilines is 4. The van der Waals surface area contributed by atoms with Gasteiger partial charge in [-0.3, -0.25) is 14.3 Å². The van der Waals surface area contributed by atoms with Crippen LogP contribution in [0, 0.1) is 6.92 Å². The predicted octanol–water partition coefficient (Wildman–Crippen LogP) is 2.61. The number of carbonyl (C=O) groups excluding carboxylic acids is 1. The standard InChI is InChI=1S/C22H22N8O2/c1-12-15(4-3-5-17(12)23)18-6-13-7-19(25-9-16(13)22(24)26-18)27-20-8-14-11-32-29(2)21(31)10-30(14)28-20/h3-9H,10-11,23H2,1-2H3,(H2,24,26)(H,25,27,28). The number of hydrogen-bond donors (Lipinski definition) is 3. The highest BCUT2D eigenvalue weighted by Gasteiger charge is 2.20. The fourth-order valence-corrected chi connectivity index (χ4v) is 3.67. The van der Waals surface area contributed by atoms with E-state index in [2.05, 4.69) is 20.4 Å². The Morgan fingerprint density at radius 1 is 1.16 bits per heavy atom. The summed E-state index contributed by atoms with van der Waals surface area (Å²) in [4.78, 5) is 26.4. The van der Waals surface area contributed by atoms with E-state index in [4.69, 9.17) is 16.3 Å². The summed E-state index contributed by atoms with van der Waals surface area (Å²) in [6.45, 7) is 2.33. The molecule has 4 aromatic rings. The van der Waals surface area contributed by atoms with Gasteiger partial charge in [0.25, 0.3) is 5.91 Å². The first-order valence-electron chi connectivity index (χ1n) is 10.0. The van der Waals surface area contributed by atoms with Gasteiger partial charge in [-0.2, -0.15) is 5.10 Å². The highest BCUT2D eigenvalue weighted by atomic mass is 16.7. The second-order valence-electron chi connectivity index (χ2n) is 7.67. The topological polar surface area (TPSA) is 137 Å². The van der Waals surface area contributed by atoms with Crippen LogP contribution in [0.3, 0.4) is 0 Å². The summed E-state index contributed by atoms with van der Waals surface area (Å²) < 4.78 is 1.62. The maximum atomic E-state index is 12.0. The molecule has 0 radical (unpaired) electrons. The van der Waals surface area contributed by atoms with Gasteiger partial charge in [0.1, 0.15) is 24.8 Å². The van der Waals surface area contributed by atoms with Crippen molar-refractivity contribution in [3.05, 3.63) is 53.9 Å². The molecule has 0 fully saturated rings. The molecule has 0 atom stereocenters. The first-order chi connectivity index (χ1) is 15.4. The Bertz CT molecular complexity index is 1360. The second-order valence-corrected chi connectivity index (χ2v) is 7.67. The van der Waals surface area contributed by atoms with Crippen molar-refractivity contribution in [1.29, 1.82) is 0 Å².